The fourth-order valence-corrected chi connectivity index (χ4v) is 2.04. The first-order valence-electron chi connectivity index (χ1n) is 6.00. The number of hydrogen-bond acceptors (Lipinski definition) is 4. The van der Waals surface area contributed by atoms with Gasteiger partial charge in [-0.25, -0.2) is 0 Å². The molecular weight excluding hydrogens is 230 g/mol. The van der Waals surface area contributed by atoms with E-state index < -0.39 is 0 Å². The quantitative estimate of drug-likeness (QED) is 0.826. The average Bonchev–Trinajstić information content (AvgIpc) is 2.76. The Morgan fingerprint density at radius 1 is 1.39 bits per heavy atom. The molecule has 1 aliphatic rings. The minimum atomic E-state index is -0.264. The second-order valence-corrected chi connectivity index (χ2v) is 4.71. The fraction of sp³-hybridized carbons (Fsp3) is 0.462. The summed E-state index contributed by atoms with van der Waals surface area (Å²) in [6, 6.07) is 7.47. The Kier molecular flexibility index (Phi) is 3.84. The van der Waals surface area contributed by atoms with Crippen molar-refractivity contribution in [3.05, 3.63) is 24.3 Å². The molecule has 1 saturated heterocycles. The van der Waals surface area contributed by atoms with Gasteiger partial charge in [0.15, 0.2) is 0 Å². The van der Waals surface area contributed by atoms with Crippen LogP contribution in [0.1, 0.15) is 0 Å². The first kappa shape index (κ1) is 12.9. The molecule has 0 bridgehead atoms. The van der Waals surface area contributed by atoms with Crippen molar-refractivity contribution in [1.82, 2.24) is 0 Å². The standard InChI is InChI=1S/C13H19N3O2/c1-16(2)12-6-4-3-5-11(12)15-13(17)9-7-18-8-10(9)14/h3-6,9-10H,7-8,14H2,1-2H3,(H,15,17). The maximum Gasteiger partial charge on any atom is 0.231 e. The number of rotatable bonds is 3. The molecule has 2 rings (SSSR count). The van der Waals surface area contributed by atoms with Crippen LogP contribution in [-0.4, -0.2) is 39.3 Å². The molecule has 1 aromatic rings. The van der Waals surface area contributed by atoms with Crippen molar-refractivity contribution >= 4 is 17.3 Å². The number of anilines is 2. The van der Waals surface area contributed by atoms with Crippen LogP contribution in [0.3, 0.4) is 0 Å². The zero-order chi connectivity index (χ0) is 13.1. The van der Waals surface area contributed by atoms with Gasteiger partial charge in [0, 0.05) is 20.1 Å². The minimum absolute atomic E-state index is 0.0747. The van der Waals surface area contributed by atoms with Crippen LogP contribution in [0.5, 0.6) is 0 Å². The number of ether oxygens (including phenoxy) is 1. The SMILES string of the molecule is CN(C)c1ccccc1NC(=O)C1COCC1N. The summed E-state index contributed by atoms with van der Waals surface area (Å²) in [4.78, 5) is 14.1. The molecule has 0 spiro atoms. The summed E-state index contributed by atoms with van der Waals surface area (Å²) < 4.78 is 5.21. The third-order valence-electron chi connectivity index (χ3n) is 3.11. The predicted molar refractivity (Wildman–Crippen MR) is 71.7 cm³/mol. The van der Waals surface area contributed by atoms with Gasteiger partial charge in [0.25, 0.3) is 0 Å². The number of para-hydroxylation sites is 2. The molecule has 0 aromatic heterocycles. The Bertz CT molecular complexity index is 434. The Hall–Kier alpha value is -1.59. The van der Waals surface area contributed by atoms with E-state index in [9.17, 15) is 4.79 Å². The molecule has 5 nitrogen and oxygen atoms in total. The number of nitrogens with two attached hydrogens (primary N) is 1. The zero-order valence-electron chi connectivity index (χ0n) is 10.7. The number of carbonyl (C=O) groups excluding carboxylic acids is 1. The molecule has 98 valence electrons. The monoisotopic (exact) mass is 249 g/mol. The third-order valence-corrected chi connectivity index (χ3v) is 3.11. The smallest absolute Gasteiger partial charge is 0.231 e. The maximum atomic E-state index is 12.1. The molecule has 3 N–H and O–H groups in total. The lowest BCUT2D eigenvalue weighted by Crippen LogP contribution is -2.37. The van der Waals surface area contributed by atoms with Crippen molar-refractivity contribution in [3.63, 3.8) is 0 Å². The molecule has 0 saturated carbocycles. The van der Waals surface area contributed by atoms with Crippen molar-refractivity contribution in [1.29, 1.82) is 0 Å². The summed E-state index contributed by atoms with van der Waals surface area (Å²) >= 11 is 0. The number of amides is 1. The number of carbonyl (C=O) groups is 1. The molecule has 1 fully saturated rings. The van der Waals surface area contributed by atoms with Crippen LogP contribution < -0.4 is 16.0 Å². The lowest BCUT2D eigenvalue weighted by Gasteiger charge is -2.19. The van der Waals surface area contributed by atoms with E-state index in [4.69, 9.17) is 10.5 Å². The van der Waals surface area contributed by atoms with Gasteiger partial charge in [0.2, 0.25) is 5.91 Å². The highest BCUT2D eigenvalue weighted by Crippen LogP contribution is 2.24. The summed E-state index contributed by atoms with van der Waals surface area (Å²) in [7, 11) is 3.88. The van der Waals surface area contributed by atoms with Gasteiger partial charge in [-0.05, 0) is 12.1 Å². The van der Waals surface area contributed by atoms with E-state index in [-0.39, 0.29) is 17.9 Å². The molecule has 0 aliphatic carbocycles. The highest BCUT2D eigenvalue weighted by molar-refractivity contribution is 5.96. The predicted octanol–water partition coefficient (Wildman–Crippen LogP) is 0.665. The van der Waals surface area contributed by atoms with Gasteiger partial charge in [-0.15, -0.1) is 0 Å². The van der Waals surface area contributed by atoms with Crippen molar-refractivity contribution < 1.29 is 9.53 Å². The molecule has 18 heavy (non-hydrogen) atoms. The lowest BCUT2D eigenvalue weighted by molar-refractivity contribution is -0.120. The summed E-state index contributed by atoms with van der Waals surface area (Å²) in [5, 5.41) is 2.92. The van der Waals surface area contributed by atoms with E-state index in [0.717, 1.165) is 11.4 Å². The molecule has 0 radical (unpaired) electrons. The fourth-order valence-electron chi connectivity index (χ4n) is 2.04. The molecule has 1 aromatic carbocycles. The number of benzene rings is 1. The number of hydrogen-bond donors (Lipinski definition) is 2. The molecule has 1 heterocycles. The van der Waals surface area contributed by atoms with Gasteiger partial charge in [0.1, 0.15) is 0 Å². The second-order valence-electron chi connectivity index (χ2n) is 4.71. The molecular formula is C13H19N3O2. The number of nitrogens with zero attached hydrogens (tertiary/aromatic N) is 1. The summed E-state index contributed by atoms with van der Waals surface area (Å²) in [6.07, 6.45) is 0. The molecule has 1 amide bonds. The Labute approximate surface area is 107 Å². The molecule has 2 unspecified atom stereocenters. The van der Waals surface area contributed by atoms with Crippen LogP contribution in [0.25, 0.3) is 0 Å². The Balaban J connectivity index is 2.11. The van der Waals surface area contributed by atoms with E-state index in [1.54, 1.807) is 0 Å². The molecule has 2 atom stereocenters. The maximum absolute atomic E-state index is 12.1. The largest absolute Gasteiger partial charge is 0.379 e. The third kappa shape index (κ3) is 2.63. The van der Waals surface area contributed by atoms with E-state index in [0.29, 0.717) is 13.2 Å². The van der Waals surface area contributed by atoms with Crippen molar-refractivity contribution in [2.45, 2.75) is 6.04 Å². The van der Waals surface area contributed by atoms with Crippen molar-refractivity contribution in [3.8, 4) is 0 Å². The van der Waals surface area contributed by atoms with Gasteiger partial charge >= 0.3 is 0 Å². The van der Waals surface area contributed by atoms with Crippen LogP contribution >= 0.6 is 0 Å². The van der Waals surface area contributed by atoms with Gasteiger partial charge in [-0.1, -0.05) is 12.1 Å². The first-order valence-corrected chi connectivity index (χ1v) is 6.00. The first-order chi connectivity index (χ1) is 8.59. The van der Waals surface area contributed by atoms with E-state index in [1.165, 1.54) is 0 Å². The van der Waals surface area contributed by atoms with E-state index in [1.807, 2.05) is 43.3 Å². The van der Waals surface area contributed by atoms with Gasteiger partial charge in [-0.2, -0.15) is 0 Å². The van der Waals surface area contributed by atoms with Crippen LogP contribution in [0.4, 0.5) is 11.4 Å². The highest BCUT2D eigenvalue weighted by Gasteiger charge is 2.31. The minimum Gasteiger partial charge on any atom is -0.379 e. The van der Waals surface area contributed by atoms with Gasteiger partial charge < -0.3 is 20.7 Å². The molecule has 5 heteroatoms. The highest BCUT2D eigenvalue weighted by atomic mass is 16.5. The Morgan fingerprint density at radius 2 is 2.11 bits per heavy atom. The number of nitrogens with one attached hydrogen (secondary N) is 1. The van der Waals surface area contributed by atoms with Gasteiger partial charge in [0.05, 0.1) is 30.5 Å². The second kappa shape index (κ2) is 5.37. The summed E-state index contributed by atoms with van der Waals surface area (Å²) in [5.74, 6) is -0.338. The topological polar surface area (TPSA) is 67.6 Å². The summed E-state index contributed by atoms with van der Waals surface area (Å²) in [5.41, 5.74) is 7.60. The normalized spacial score (nSPS) is 22.8. The Morgan fingerprint density at radius 3 is 2.72 bits per heavy atom. The zero-order valence-corrected chi connectivity index (χ0v) is 10.7. The van der Waals surface area contributed by atoms with Crippen molar-refractivity contribution in [2.24, 2.45) is 11.7 Å². The van der Waals surface area contributed by atoms with E-state index in [2.05, 4.69) is 5.32 Å². The summed E-state index contributed by atoms with van der Waals surface area (Å²) in [6.45, 7) is 0.852. The van der Waals surface area contributed by atoms with Crippen LogP contribution in [-0.2, 0) is 9.53 Å². The molecule has 1 aliphatic heterocycles. The van der Waals surface area contributed by atoms with E-state index >= 15 is 0 Å². The van der Waals surface area contributed by atoms with Crippen molar-refractivity contribution in [2.75, 3.05) is 37.5 Å². The van der Waals surface area contributed by atoms with Crippen LogP contribution in [0.15, 0.2) is 24.3 Å². The van der Waals surface area contributed by atoms with Crippen LogP contribution in [0, 0.1) is 5.92 Å². The average molecular weight is 249 g/mol. The van der Waals surface area contributed by atoms with Gasteiger partial charge in [-0.3, -0.25) is 4.79 Å². The van der Waals surface area contributed by atoms with Crippen LogP contribution in [0.2, 0.25) is 0 Å². The lowest BCUT2D eigenvalue weighted by atomic mass is 10.0.